The van der Waals surface area contributed by atoms with Gasteiger partial charge in [0, 0.05) is 5.39 Å². The number of carbonyl (C=O) groups is 1. The molecule has 0 fully saturated rings. The Morgan fingerprint density at radius 3 is 2.94 bits per heavy atom. The number of carbonyl (C=O) groups excluding carboxylic acids is 1. The Morgan fingerprint density at radius 1 is 1.41 bits per heavy atom. The lowest BCUT2D eigenvalue weighted by Crippen LogP contribution is -2.32. The van der Waals surface area contributed by atoms with Crippen molar-refractivity contribution in [2.45, 2.75) is 6.92 Å². The number of hydrazine groups is 1. The molecular weight excluding hydrogens is 218 g/mol. The van der Waals surface area contributed by atoms with Crippen LogP contribution in [0.5, 0.6) is 0 Å². The van der Waals surface area contributed by atoms with Crippen LogP contribution in [0, 0.1) is 6.92 Å². The molecule has 1 aromatic heterocycles. The first kappa shape index (κ1) is 11.3. The van der Waals surface area contributed by atoms with Gasteiger partial charge >= 0.3 is 0 Å². The number of aliphatic hydroxyl groups is 1. The van der Waals surface area contributed by atoms with Crippen LogP contribution >= 0.6 is 0 Å². The van der Waals surface area contributed by atoms with Crippen molar-refractivity contribution in [1.82, 2.24) is 10.4 Å². The van der Waals surface area contributed by atoms with E-state index in [0.717, 1.165) is 16.5 Å². The van der Waals surface area contributed by atoms with E-state index in [1.54, 1.807) is 0 Å². The fourth-order valence-corrected chi connectivity index (χ4v) is 1.52. The first-order valence-corrected chi connectivity index (χ1v) is 5.23. The van der Waals surface area contributed by atoms with E-state index in [4.69, 9.17) is 5.11 Å². The largest absolute Gasteiger partial charge is 0.386 e. The van der Waals surface area contributed by atoms with Crippen LogP contribution in [0.15, 0.2) is 30.3 Å². The number of rotatable bonds is 3. The smallest absolute Gasteiger partial charge is 0.264 e. The van der Waals surface area contributed by atoms with Gasteiger partial charge in [-0.05, 0) is 24.6 Å². The first-order valence-electron chi connectivity index (χ1n) is 5.23. The van der Waals surface area contributed by atoms with Crippen molar-refractivity contribution in [3.05, 3.63) is 35.9 Å². The summed E-state index contributed by atoms with van der Waals surface area (Å²) in [5.74, 6) is 0.0739. The molecule has 0 unspecified atom stereocenters. The van der Waals surface area contributed by atoms with Crippen LogP contribution in [0.4, 0.5) is 5.82 Å². The van der Waals surface area contributed by atoms with Gasteiger partial charge in [-0.2, -0.15) is 0 Å². The van der Waals surface area contributed by atoms with Gasteiger partial charge in [-0.25, -0.2) is 4.98 Å². The van der Waals surface area contributed by atoms with E-state index >= 15 is 0 Å². The molecule has 1 aromatic carbocycles. The summed E-state index contributed by atoms with van der Waals surface area (Å²) < 4.78 is 0. The van der Waals surface area contributed by atoms with E-state index in [1.165, 1.54) is 0 Å². The Bertz CT molecular complexity index is 554. The molecule has 5 heteroatoms. The molecular formula is C12H13N3O2. The van der Waals surface area contributed by atoms with Crippen LogP contribution in [0.25, 0.3) is 10.9 Å². The number of hydrogen-bond acceptors (Lipinski definition) is 4. The average Bonchev–Trinajstić information content (AvgIpc) is 2.35. The third-order valence-electron chi connectivity index (χ3n) is 2.38. The standard InChI is InChI=1S/C12H13N3O2/c1-8-6-9-4-2-3-5-10(9)13-12(8)15-14-11(17)7-16/h2-6,16H,7H2,1H3,(H,13,15)(H,14,17). The monoisotopic (exact) mass is 231 g/mol. The molecule has 0 saturated carbocycles. The minimum absolute atomic E-state index is 0.501. The van der Waals surface area contributed by atoms with E-state index in [1.807, 2.05) is 37.3 Å². The number of anilines is 1. The zero-order chi connectivity index (χ0) is 12.3. The second-order valence-electron chi connectivity index (χ2n) is 3.68. The molecule has 0 atom stereocenters. The maximum Gasteiger partial charge on any atom is 0.264 e. The Labute approximate surface area is 98.5 Å². The normalized spacial score (nSPS) is 10.2. The number of amides is 1. The van der Waals surface area contributed by atoms with Gasteiger partial charge < -0.3 is 5.11 Å². The summed E-state index contributed by atoms with van der Waals surface area (Å²) in [5, 5.41) is 9.63. The number of nitrogens with one attached hydrogen (secondary N) is 2. The fraction of sp³-hybridized carbons (Fsp3) is 0.167. The van der Waals surface area contributed by atoms with Gasteiger partial charge in [-0.1, -0.05) is 18.2 Å². The summed E-state index contributed by atoms with van der Waals surface area (Å²) in [6, 6.07) is 9.71. The summed E-state index contributed by atoms with van der Waals surface area (Å²) in [4.78, 5) is 15.3. The Hall–Kier alpha value is -2.14. The number of para-hydroxylation sites is 1. The molecule has 5 nitrogen and oxygen atoms in total. The molecule has 3 N–H and O–H groups in total. The SMILES string of the molecule is Cc1cc2ccccc2nc1NNC(=O)CO. The van der Waals surface area contributed by atoms with Crippen molar-refractivity contribution in [1.29, 1.82) is 0 Å². The number of pyridine rings is 1. The number of aromatic nitrogens is 1. The summed E-state index contributed by atoms with van der Waals surface area (Å²) in [6.07, 6.45) is 0. The van der Waals surface area contributed by atoms with Gasteiger partial charge in [0.15, 0.2) is 0 Å². The van der Waals surface area contributed by atoms with Crippen LogP contribution < -0.4 is 10.9 Å². The van der Waals surface area contributed by atoms with E-state index in [0.29, 0.717) is 5.82 Å². The van der Waals surface area contributed by atoms with Gasteiger partial charge in [0.25, 0.3) is 5.91 Å². The number of fused-ring (bicyclic) bond motifs is 1. The predicted octanol–water partition coefficient (Wildman–Crippen LogP) is 0.979. The number of nitrogens with zero attached hydrogens (tertiary/aromatic N) is 1. The first-order chi connectivity index (χ1) is 8.20. The molecule has 0 radical (unpaired) electrons. The highest BCUT2D eigenvalue weighted by Crippen LogP contribution is 2.18. The Balaban J connectivity index is 2.28. The third kappa shape index (κ3) is 2.51. The fourth-order valence-electron chi connectivity index (χ4n) is 1.52. The molecule has 0 bridgehead atoms. The minimum atomic E-state index is -0.556. The van der Waals surface area contributed by atoms with Crippen molar-refractivity contribution in [3.8, 4) is 0 Å². The Kier molecular flexibility index (Phi) is 3.20. The molecule has 0 aliphatic carbocycles. The second kappa shape index (κ2) is 4.80. The zero-order valence-electron chi connectivity index (χ0n) is 9.40. The molecule has 0 aliphatic heterocycles. The summed E-state index contributed by atoms with van der Waals surface area (Å²) in [5.41, 5.74) is 6.80. The van der Waals surface area contributed by atoms with Gasteiger partial charge in [0.2, 0.25) is 0 Å². The number of benzene rings is 1. The molecule has 17 heavy (non-hydrogen) atoms. The molecule has 1 amide bonds. The van der Waals surface area contributed by atoms with Crippen LogP contribution in [0.2, 0.25) is 0 Å². The number of aliphatic hydroxyl groups excluding tert-OH is 1. The van der Waals surface area contributed by atoms with E-state index < -0.39 is 12.5 Å². The van der Waals surface area contributed by atoms with Crippen LogP contribution in [0.1, 0.15) is 5.56 Å². The molecule has 2 aromatic rings. The summed E-state index contributed by atoms with van der Waals surface area (Å²) in [7, 11) is 0. The van der Waals surface area contributed by atoms with Crippen molar-refractivity contribution < 1.29 is 9.90 Å². The molecule has 1 heterocycles. The van der Waals surface area contributed by atoms with Crippen molar-refractivity contribution >= 4 is 22.6 Å². The minimum Gasteiger partial charge on any atom is -0.386 e. The average molecular weight is 231 g/mol. The highest BCUT2D eigenvalue weighted by Gasteiger charge is 2.04. The topological polar surface area (TPSA) is 74.2 Å². The van der Waals surface area contributed by atoms with Crippen LogP contribution in [0.3, 0.4) is 0 Å². The molecule has 0 aliphatic rings. The number of aryl methyl sites for hydroxylation is 1. The highest BCUT2D eigenvalue weighted by molar-refractivity contribution is 5.82. The van der Waals surface area contributed by atoms with Crippen LogP contribution in [-0.2, 0) is 4.79 Å². The van der Waals surface area contributed by atoms with Crippen molar-refractivity contribution in [2.75, 3.05) is 12.0 Å². The molecule has 0 spiro atoms. The van der Waals surface area contributed by atoms with E-state index in [2.05, 4.69) is 15.8 Å². The van der Waals surface area contributed by atoms with Gasteiger partial charge in [0.05, 0.1) is 5.52 Å². The zero-order valence-corrected chi connectivity index (χ0v) is 9.40. The molecule has 2 rings (SSSR count). The highest BCUT2D eigenvalue weighted by atomic mass is 16.3. The van der Waals surface area contributed by atoms with Gasteiger partial charge in [-0.15, -0.1) is 0 Å². The Morgan fingerprint density at radius 2 is 2.18 bits per heavy atom. The van der Waals surface area contributed by atoms with Crippen molar-refractivity contribution in [2.24, 2.45) is 0 Å². The van der Waals surface area contributed by atoms with Crippen LogP contribution in [-0.4, -0.2) is 22.6 Å². The third-order valence-corrected chi connectivity index (χ3v) is 2.38. The maximum atomic E-state index is 10.9. The lowest BCUT2D eigenvalue weighted by atomic mass is 10.1. The maximum absolute atomic E-state index is 10.9. The van der Waals surface area contributed by atoms with Gasteiger partial charge in [-0.3, -0.25) is 15.6 Å². The lowest BCUT2D eigenvalue weighted by Gasteiger charge is -2.10. The number of hydrogen-bond donors (Lipinski definition) is 3. The van der Waals surface area contributed by atoms with E-state index in [-0.39, 0.29) is 0 Å². The quantitative estimate of drug-likeness (QED) is 0.688. The second-order valence-corrected chi connectivity index (χ2v) is 3.68. The predicted molar refractivity (Wildman–Crippen MR) is 65.3 cm³/mol. The van der Waals surface area contributed by atoms with Gasteiger partial charge in [0.1, 0.15) is 12.4 Å². The molecule has 88 valence electrons. The molecule has 0 saturated heterocycles. The lowest BCUT2D eigenvalue weighted by molar-refractivity contribution is -0.123. The summed E-state index contributed by atoms with van der Waals surface area (Å²) >= 11 is 0. The van der Waals surface area contributed by atoms with Crippen molar-refractivity contribution in [3.63, 3.8) is 0 Å². The van der Waals surface area contributed by atoms with E-state index in [9.17, 15) is 4.79 Å². The summed E-state index contributed by atoms with van der Waals surface area (Å²) in [6.45, 7) is 1.34.